The molecule has 1 rings (SSSR count). The number of benzene rings is 1. The standard InChI is InChI=1S/C15H19NO2/c1-4-8-12(2)16-11-14(15(17)18-3)13-9-6-5-7-10-13/h1,5-7,9-10,12,14,16H,8,11H2,2-3H3. The van der Waals surface area contributed by atoms with E-state index in [2.05, 4.69) is 11.2 Å². The number of rotatable bonds is 6. The van der Waals surface area contributed by atoms with Crippen LogP contribution < -0.4 is 5.32 Å². The van der Waals surface area contributed by atoms with Gasteiger partial charge in [0.1, 0.15) is 0 Å². The number of hydrogen-bond donors (Lipinski definition) is 1. The van der Waals surface area contributed by atoms with Crippen LogP contribution in [0.4, 0.5) is 0 Å². The first-order valence-electron chi connectivity index (χ1n) is 5.98. The Morgan fingerprint density at radius 2 is 2.11 bits per heavy atom. The highest BCUT2D eigenvalue weighted by Gasteiger charge is 2.21. The lowest BCUT2D eigenvalue weighted by atomic mass is 9.99. The van der Waals surface area contributed by atoms with Crippen LogP contribution in [-0.4, -0.2) is 25.7 Å². The van der Waals surface area contributed by atoms with Crippen LogP contribution >= 0.6 is 0 Å². The van der Waals surface area contributed by atoms with Crippen molar-refractivity contribution in [3.05, 3.63) is 35.9 Å². The van der Waals surface area contributed by atoms with Crippen molar-refractivity contribution in [1.82, 2.24) is 5.32 Å². The smallest absolute Gasteiger partial charge is 0.314 e. The van der Waals surface area contributed by atoms with E-state index < -0.39 is 0 Å². The molecule has 96 valence electrons. The number of carbonyl (C=O) groups excluding carboxylic acids is 1. The van der Waals surface area contributed by atoms with Gasteiger partial charge in [-0.15, -0.1) is 12.3 Å². The van der Waals surface area contributed by atoms with Crippen molar-refractivity contribution in [2.75, 3.05) is 13.7 Å². The zero-order valence-corrected chi connectivity index (χ0v) is 10.8. The summed E-state index contributed by atoms with van der Waals surface area (Å²) in [6.45, 7) is 2.53. The first kappa shape index (κ1) is 14.3. The molecule has 0 spiro atoms. The van der Waals surface area contributed by atoms with Gasteiger partial charge in [0.2, 0.25) is 0 Å². The maximum atomic E-state index is 11.8. The molecule has 18 heavy (non-hydrogen) atoms. The Hall–Kier alpha value is -1.79. The van der Waals surface area contributed by atoms with Crippen molar-refractivity contribution >= 4 is 5.97 Å². The highest BCUT2D eigenvalue weighted by atomic mass is 16.5. The van der Waals surface area contributed by atoms with Gasteiger partial charge in [-0.25, -0.2) is 0 Å². The van der Waals surface area contributed by atoms with Crippen molar-refractivity contribution in [3.63, 3.8) is 0 Å². The topological polar surface area (TPSA) is 38.3 Å². The molecule has 0 saturated carbocycles. The molecule has 0 fully saturated rings. The molecular formula is C15H19NO2. The van der Waals surface area contributed by atoms with Crippen LogP contribution in [-0.2, 0) is 9.53 Å². The minimum absolute atomic E-state index is 0.186. The van der Waals surface area contributed by atoms with Crippen molar-refractivity contribution in [1.29, 1.82) is 0 Å². The van der Waals surface area contributed by atoms with E-state index in [9.17, 15) is 4.79 Å². The van der Waals surface area contributed by atoms with Gasteiger partial charge >= 0.3 is 5.97 Å². The molecule has 0 amide bonds. The summed E-state index contributed by atoms with van der Waals surface area (Å²) in [5.74, 6) is 2.07. The SMILES string of the molecule is C#CCC(C)NCC(C(=O)OC)c1ccccc1. The largest absolute Gasteiger partial charge is 0.469 e. The molecule has 3 heteroatoms. The Labute approximate surface area is 109 Å². The van der Waals surface area contributed by atoms with Gasteiger partial charge < -0.3 is 10.1 Å². The first-order valence-corrected chi connectivity index (χ1v) is 5.98. The van der Waals surface area contributed by atoms with Crippen LogP contribution in [0.3, 0.4) is 0 Å². The molecule has 3 nitrogen and oxygen atoms in total. The molecule has 0 bridgehead atoms. The average Bonchev–Trinajstić information content (AvgIpc) is 2.40. The predicted molar refractivity (Wildman–Crippen MR) is 72.1 cm³/mol. The number of nitrogens with one attached hydrogen (secondary N) is 1. The van der Waals surface area contributed by atoms with Gasteiger partial charge in [0.05, 0.1) is 13.0 Å². The van der Waals surface area contributed by atoms with E-state index in [0.29, 0.717) is 13.0 Å². The van der Waals surface area contributed by atoms with Crippen LogP contribution in [0.15, 0.2) is 30.3 Å². The van der Waals surface area contributed by atoms with Crippen LogP contribution in [0.2, 0.25) is 0 Å². The zero-order valence-electron chi connectivity index (χ0n) is 10.8. The average molecular weight is 245 g/mol. The molecule has 0 aromatic heterocycles. The quantitative estimate of drug-likeness (QED) is 0.615. The summed E-state index contributed by atoms with van der Waals surface area (Å²) in [7, 11) is 1.41. The fourth-order valence-corrected chi connectivity index (χ4v) is 1.73. The third-order valence-corrected chi connectivity index (χ3v) is 2.78. The fraction of sp³-hybridized carbons (Fsp3) is 0.400. The van der Waals surface area contributed by atoms with Gasteiger partial charge in [-0.05, 0) is 12.5 Å². The van der Waals surface area contributed by atoms with E-state index >= 15 is 0 Å². The van der Waals surface area contributed by atoms with Crippen LogP contribution in [0.1, 0.15) is 24.8 Å². The van der Waals surface area contributed by atoms with Gasteiger partial charge in [-0.1, -0.05) is 30.3 Å². The van der Waals surface area contributed by atoms with E-state index in [0.717, 1.165) is 5.56 Å². The molecule has 1 aromatic rings. The maximum Gasteiger partial charge on any atom is 0.314 e. The van der Waals surface area contributed by atoms with Gasteiger partial charge in [0, 0.05) is 19.0 Å². The Kier molecular flexibility index (Phi) is 5.96. The lowest BCUT2D eigenvalue weighted by Crippen LogP contribution is -2.33. The van der Waals surface area contributed by atoms with Gasteiger partial charge in [0.25, 0.3) is 0 Å². The monoisotopic (exact) mass is 245 g/mol. The normalized spacial score (nSPS) is 13.4. The number of carbonyl (C=O) groups is 1. The van der Waals surface area contributed by atoms with E-state index in [4.69, 9.17) is 11.2 Å². The highest BCUT2D eigenvalue weighted by molar-refractivity contribution is 5.78. The third-order valence-electron chi connectivity index (χ3n) is 2.78. The zero-order chi connectivity index (χ0) is 13.4. The van der Waals surface area contributed by atoms with Crippen molar-refractivity contribution in [2.45, 2.75) is 25.3 Å². The van der Waals surface area contributed by atoms with Crippen LogP contribution in [0.25, 0.3) is 0 Å². The molecule has 0 aliphatic heterocycles. The molecular weight excluding hydrogens is 226 g/mol. The molecule has 0 saturated heterocycles. The highest BCUT2D eigenvalue weighted by Crippen LogP contribution is 2.16. The van der Waals surface area contributed by atoms with Crippen molar-refractivity contribution in [2.24, 2.45) is 0 Å². The lowest BCUT2D eigenvalue weighted by Gasteiger charge is -2.18. The number of terminal acetylenes is 1. The van der Waals surface area contributed by atoms with Crippen LogP contribution in [0.5, 0.6) is 0 Å². The molecule has 0 aliphatic rings. The second-order valence-corrected chi connectivity index (χ2v) is 4.20. The number of ether oxygens (including phenoxy) is 1. The summed E-state index contributed by atoms with van der Waals surface area (Å²) in [5, 5.41) is 3.25. The summed E-state index contributed by atoms with van der Waals surface area (Å²) >= 11 is 0. The van der Waals surface area contributed by atoms with Crippen LogP contribution in [0, 0.1) is 12.3 Å². The van der Waals surface area contributed by atoms with Crippen molar-refractivity contribution < 1.29 is 9.53 Å². The first-order chi connectivity index (χ1) is 8.69. The maximum absolute atomic E-state index is 11.8. The van der Waals surface area contributed by atoms with Gasteiger partial charge in [-0.3, -0.25) is 4.79 Å². The van der Waals surface area contributed by atoms with E-state index in [-0.39, 0.29) is 17.9 Å². The molecule has 2 atom stereocenters. The summed E-state index contributed by atoms with van der Waals surface area (Å²) in [6.07, 6.45) is 5.89. The molecule has 1 aromatic carbocycles. The molecule has 0 aliphatic carbocycles. The predicted octanol–water partition coefficient (Wildman–Crippen LogP) is 1.94. The number of methoxy groups -OCH3 is 1. The molecule has 0 radical (unpaired) electrons. The minimum atomic E-state index is -0.295. The Morgan fingerprint density at radius 1 is 1.44 bits per heavy atom. The number of hydrogen-bond acceptors (Lipinski definition) is 3. The molecule has 0 heterocycles. The van der Waals surface area contributed by atoms with E-state index in [1.54, 1.807) is 0 Å². The second-order valence-electron chi connectivity index (χ2n) is 4.20. The summed E-state index contributed by atoms with van der Waals surface area (Å²) in [5.41, 5.74) is 0.949. The minimum Gasteiger partial charge on any atom is -0.469 e. The van der Waals surface area contributed by atoms with E-state index in [1.807, 2.05) is 37.3 Å². The Morgan fingerprint density at radius 3 is 2.67 bits per heavy atom. The van der Waals surface area contributed by atoms with Crippen molar-refractivity contribution in [3.8, 4) is 12.3 Å². The fourth-order valence-electron chi connectivity index (χ4n) is 1.73. The lowest BCUT2D eigenvalue weighted by molar-refractivity contribution is -0.142. The second kappa shape index (κ2) is 7.52. The summed E-state index contributed by atoms with van der Waals surface area (Å²) in [6, 6.07) is 9.79. The Bertz CT molecular complexity index is 408. The molecule has 1 N–H and O–H groups in total. The molecule has 2 unspecified atom stereocenters. The van der Waals surface area contributed by atoms with Gasteiger partial charge in [-0.2, -0.15) is 0 Å². The summed E-state index contributed by atoms with van der Waals surface area (Å²) < 4.78 is 4.84. The third kappa shape index (κ3) is 4.23. The number of esters is 1. The van der Waals surface area contributed by atoms with E-state index in [1.165, 1.54) is 7.11 Å². The van der Waals surface area contributed by atoms with Gasteiger partial charge in [0.15, 0.2) is 0 Å². The summed E-state index contributed by atoms with van der Waals surface area (Å²) in [4.78, 5) is 11.8. The Balaban J connectivity index is 2.69.